The fourth-order valence-corrected chi connectivity index (χ4v) is 4.77. The number of fused-ring (bicyclic) bond motifs is 3. The molecule has 0 spiro atoms. The maximum atomic E-state index is 13.3. The molecule has 2 aromatic rings. The predicted molar refractivity (Wildman–Crippen MR) is 100 cm³/mol. The van der Waals surface area contributed by atoms with Crippen LogP contribution in [0.25, 0.3) is 0 Å². The van der Waals surface area contributed by atoms with Crippen LogP contribution in [-0.4, -0.2) is 45.9 Å². The van der Waals surface area contributed by atoms with Crippen molar-refractivity contribution < 1.29 is 14.5 Å². The topological polar surface area (TPSA) is 87.0 Å². The Morgan fingerprint density at radius 3 is 2.32 bits per heavy atom. The lowest BCUT2D eigenvalue weighted by molar-refractivity contribution is -0.385. The van der Waals surface area contributed by atoms with E-state index in [0.29, 0.717) is 17.8 Å². The zero-order chi connectivity index (χ0) is 19.4. The number of non-ortho nitro benzene ring substituents is 1. The van der Waals surface area contributed by atoms with Crippen LogP contribution >= 0.6 is 0 Å². The molecule has 3 aliphatic rings. The summed E-state index contributed by atoms with van der Waals surface area (Å²) in [4.78, 5) is 38.6. The Hall–Kier alpha value is -3.10. The number of hydrogen-bond donors (Lipinski definition) is 0. The molecule has 8 heteroatoms. The van der Waals surface area contributed by atoms with Gasteiger partial charge in [0.2, 0.25) is 5.91 Å². The first-order valence-electron chi connectivity index (χ1n) is 9.28. The highest BCUT2D eigenvalue weighted by atomic mass is 16.6. The van der Waals surface area contributed by atoms with Gasteiger partial charge in [0.15, 0.2) is 0 Å². The highest BCUT2D eigenvalue weighted by Crippen LogP contribution is 2.49. The lowest BCUT2D eigenvalue weighted by Crippen LogP contribution is -2.44. The summed E-state index contributed by atoms with van der Waals surface area (Å²) in [6, 6.07) is 14.4. The number of imide groups is 1. The van der Waals surface area contributed by atoms with E-state index in [1.165, 1.54) is 17.0 Å². The molecule has 0 aliphatic carbocycles. The van der Waals surface area contributed by atoms with Crippen molar-refractivity contribution in [3.8, 4) is 0 Å². The molecule has 3 fully saturated rings. The number of hydrazine groups is 1. The van der Waals surface area contributed by atoms with Gasteiger partial charge in [0.25, 0.3) is 11.6 Å². The van der Waals surface area contributed by atoms with E-state index in [0.717, 1.165) is 13.0 Å². The number of carbonyl (C=O) groups is 2. The fourth-order valence-electron chi connectivity index (χ4n) is 4.77. The van der Waals surface area contributed by atoms with Crippen molar-refractivity contribution in [3.05, 3.63) is 70.3 Å². The monoisotopic (exact) mass is 378 g/mol. The van der Waals surface area contributed by atoms with E-state index in [9.17, 15) is 19.7 Å². The van der Waals surface area contributed by atoms with Gasteiger partial charge < -0.3 is 0 Å². The molecule has 2 amide bonds. The van der Waals surface area contributed by atoms with Gasteiger partial charge in [-0.15, -0.1) is 0 Å². The van der Waals surface area contributed by atoms with Crippen LogP contribution in [0.1, 0.15) is 18.0 Å². The molecular weight excluding hydrogens is 360 g/mol. The molecule has 0 aromatic heterocycles. The van der Waals surface area contributed by atoms with Crippen LogP contribution in [0.4, 0.5) is 11.4 Å². The van der Waals surface area contributed by atoms with Crippen molar-refractivity contribution in [3.63, 3.8) is 0 Å². The minimum absolute atomic E-state index is 0.0108. The van der Waals surface area contributed by atoms with E-state index in [-0.39, 0.29) is 23.5 Å². The number of amides is 2. The van der Waals surface area contributed by atoms with Crippen molar-refractivity contribution in [2.24, 2.45) is 5.92 Å². The molecule has 0 radical (unpaired) electrons. The first kappa shape index (κ1) is 17.0. The Morgan fingerprint density at radius 1 is 0.893 bits per heavy atom. The number of para-hydroxylation sites is 1. The molecular formula is C20H18N4O4. The van der Waals surface area contributed by atoms with Gasteiger partial charge in [0.05, 0.1) is 22.6 Å². The summed E-state index contributed by atoms with van der Waals surface area (Å²) in [6.45, 7) is 1.43. The van der Waals surface area contributed by atoms with Crippen LogP contribution in [-0.2, 0) is 9.59 Å². The number of nitrogens with zero attached hydrogens (tertiary/aromatic N) is 4. The molecule has 2 aromatic carbocycles. The second-order valence-corrected chi connectivity index (χ2v) is 7.29. The van der Waals surface area contributed by atoms with E-state index in [4.69, 9.17) is 0 Å². The zero-order valence-electron chi connectivity index (χ0n) is 15.0. The van der Waals surface area contributed by atoms with E-state index in [1.807, 2.05) is 16.1 Å². The number of nitro benzene ring substituents is 1. The van der Waals surface area contributed by atoms with Crippen LogP contribution in [0.15, 0.2) is 54.6 Å². The summed E-state index contributed by atoms with van der Waals surface area (Å²) in [7, 11) is 0. The van der Waals surface area contributed by atoms with Crippen molar-refractivity contribution in [2.75, 3.05) is 18.0 Å². The molecule has 0 unspecified atom stereocenters. The first-order valence-corrected chi connectivity index (χ1v) is 9.28. The van der Waals surface area contributed by atoms with Crippen LogP contribution in [0.3, 0.4) is 0 Å². The van der Waals surface area contributed by atoms with Gasteiger partial charge in [-0.05, 0) is 24.1 Å². The number of anilines is 1. The number of carbonyl (C=O) groups excluding carboxylic acids is 2. The van der Waals surface area contributed by atoms with Crippen molar-refractivity contribution in [2.45, 2.75) is 18.5 Å². The quantitative estimate of drug-likeness (QED) is 0.462. The molecule has 0 saturated carbocycles. The van der Waals surface area contributed by atoms with E-state index in [1.54, 1.807) is 36.4 Å². The Bertz CT molecular complexity index is 979. The Labute approximate surface area is 161 Å². The van der Waals surface area contributed by atoms with Crippen LogP contribution in [0.5, 0.6) is 0 Å². The van der Waals surface area contributed by atoms with Crippen LogP contribution in [0.2, 0.25) is 0 Å². The minimum Gasteiger partial charge on any atom is -0.274 e. The second kappa shape index (κ2) is 6.22. The molecule has 0 bridgehead atoms. The largest absolute Gasteiger partial charge is 0.274 e. The molecule has 3 aliphatic heterocycles. The summed E-state index contributed by atoms with van der Waals surface area (Å²) >= 11 is 0. The fraction of sp³-hybridized carbons (Fsp3) is 0.300. The average molecular weight is 378 g/mol. The molecule has 3 saturated heterocycles. The van der Waals surface area contributed by atoms with Crippen molar-refractivity contribution >= 4 is 23.2 Å². The van der Waals surface area contributed by atoms with Gasteiger partial charge in [-0.1, -0.05) is 30.3 Å². The molecule has 3 heterocycles. The third-order valence-corrected chi connectivity index (χ3v) is 5.84. The first-order chi connectivity index (χ1) is 13.6. The number of rotatable bonds is 3. The molecule has 3 atom stereocenters. The summed E-state index contributed by atoms with van der Waals surface area (Å²) in [5.41, 5.74) is 1.25. The Kier molecular flexibility index (Phi) is 3.78. The van der Waals surface area contributed by atoms with Gasteiger partial charge in [0.1, 0.15) is 6.04 Å². The summed E-state index contributed by atoms with van der Waals surface area (Å²) in [5.74, 6) is -1.04. The maximum Gasteiger partial charge on any atom is 0.269 e. The molecule has 142 valence electrons. The van der Waals surface area contributed by atoms with Crippen molar-refractivity contribution in [1.82, 2.24) is 10.0 Å². The molecule has 0 N–H and O–H groups in total. The second-order valence-electron chi connectivity index (χ2n) is 7.29. The van der Waals surface area contributed by atoms with E-state index < -0.39 is 16.9 Å². The lowest BCUT2D eigenvalue weighted by Gasteiger charge is -2.29. The van der Waals surface area contributed by atoms with E-state index >= 15 is 0 Å². The lowest BCUT2D eigenvalue weighted by atomic mass is 9.89. The smallest absolute Gasteiger partial charge is 0.269 e. The van der Waals surface area contributed by atoms with Crippen LogP contribution < -0.4 is 4.90 Å². The SMILES string of the molecule is O=C1[C@H]2[C@@H](C(=O)N1c1ccccc1)N1CCCN1[C@@H]2c1cccc([N+](=O)[O-])c1. The Morgan fingerprint density at radius 2 is 1.61 bits per heavy atom. The Balaban J connectivity index is 1.59. The predicted octanol–water partition coefficient (Wildman–Crippen LogP) is 2.13. The standard InChI is InChI=1S/C20H18N4O4/c25-19-16-17(13-6-4-9-15(12-13)24(27)28)21-10-5-11-22(21)18(16)20(26)23(19)14-7-2-1-3-8-14/h1-4,6-9,12,16-18H,5,10-11H2/t16-,17-,18+/m1/s1. The van der Waals surface area contributed by atoms with Crippen LogP contribution in [0, 0.1) is 16.0 Å². The van der Waals surface area contributed by atoms with Gasteiger partial charge >= 0.3 is 0 Å². The zero-order valence-corrected chi connectivity index (χ0v) is 15.0. The molecule has 8 nitrogen and oxygen atoms in total. The highest BCUT2D eigenvalue weighted by molar-refractivity contribution is 6.24. The average Bonchev–Trinajstić information content (AvgIpc) is 3.34. The van der Waals surface area contributed by atoms with Gasteiger partial charge in [-0.3, -0.25) is 19.7 Å². The molecule has 5 rings (SSSR count). The third-order valence-electron chi connectivity index (χ3n) is 5.84. The molecule has 28 heavy (non-hydrogen) atoms. The van der Waals surface area contributed by atoms with E-state index in [2.05, 4.69) is 0 Å². The number of hydrogen-bond acceptors (Lipinski definition) is 6. The van der Waals surface area contributed by atoms with Crippen molar-refractivity contribution in [1.29, 1.82) is 0 Å². The third kappa shape index (κ3) is 2.31. The van der Waals surface area contributed by atoms with Gasteiger partial charge in [-0.25, -0.2) is 14.9 Å². The number of nitro groups is 1. The summed E-state index contributed by atoms with van der Waals surface area (Å²) in [5, 5.41) is 15.3. The normalized spacial score (nSPS) is 27.3. The summed E-state index contributed by atoms with van der Waals surface area (Å²) in [6.07, 6.45) is 0.890. The van der Waals surface area contributed by atoms with Gasteiger partial charge in [-0.2, -0.15) is 0 Å². The maximum absolute atomic E-state index is 13.3. The number of benzene rings is 2. The minimum atomic E-state index is -0.574. The summed E-state index contributed by atoms with van der Waals surface area (Å²) < 4.78 is 0. The van der Waals surface area contributed by atoms with Gasteiger partial charge in [0, 0.05) is 25.2 Å². The highest BCUT2D eigenvalue weighted by Gasteiger charge is 2.62.